The molecular weight excluding hydrogens is 218 g/mol. The highest BCUT2D eigenvalue weighted by molar-refractivity contribution is 7.53. The summed E-state index contributed by atoms with van der Waals surface area (Å²) < 4.78 is 26.3. The number of aliphatic hydroxyl groups excluding tert-OH is 1. The van der Waals surface area contributed by atoms with Crippen LogP contribution in [0.3, 0.4) is 0 Å². The summed E-state index contributed by atoms with van der Waals surface area (Å²) in [6.07, 6.45) is -0.0568. The van der Waals surface area contributed by atoms with Crippen LogP contribution in [0.2, 0.25) is 5.82 Å². The van der Waals surface area contributed by atoms with Crippen molar-refractivity contribution in [2.75, 3.05) is 20.6 Å². The fraction of sp³-hybridized carbons (Fsp3) is 1.00. The Hall–Kier alpha value is 0.135. The molecule has 7 heteroatoms. The summed E-state index contributed by atoms with van der Waals surface area (Å²) in [7, 11) is 5.09. The van der Waals surface area contributed by atoms with Gasteiger partial charge in [0, 0.05) is 14.2 Å². The van der Waals surface area contributed by atoms with E-state index in [1.54, 1.807) is 0 Å². The van der Waals surface area contributed by atoms with Crippen molar-refractivity contribution in [2.24, 2.45) is 0 Å². The Morgan fingerprint density at radius 3 is 2.40 bits per heavy atom. The summed E-state index contributed by atoms with van der Waals surface area (Å²) in [5, 5.41) is 9.53. The maximum atomic E-state index is 11.6. The molecule has 0 bridgehead atoms. The summed E-state index contributed by atoms with van der Waals surface area (Å²) in [4.78, 5) is 0. The molecule has 0 aromatic carbocycles. The van der Waals surface area contributed by atoms with Gasteiger partial charge in [0.2, 0.25) is 0 Å². The van der Waals surface area contributed by atoms with E-state index in [-0.39, 0.29) is 18.3 Å². The zero-order chi connectivity index (χ0) is 11.5. The molecule has 1 rings (SSSR count). The SMILES string of the molecule is [B]C1CC(O)C(OCP(=O)(OC)OC)C1. The molecule has 15 heavy (non-hydrogen) atoms. The second-order valence-electron chi connectivity index (χ2n) is 3.61. The Bertz CT molecular complexity index is 241. The van der Waals surface area contributed by atoms with Gasteiger partial charge in [0.05, 0.1) is 20.1 Å². The Morgan fingerprint density at radius 2 is 2.00 bits per heavy atom. The minimum absolute atomic E-state index is 0.0607. The highest BCUT2D eigenvalue weighted by Crippen LogP contribution is 2.47. The van der Waals surface area contributed by atoms with Gasteiger partial charge in [-0.25, -0.2) is 0 Å². The molecule has 0 heterocycles. The van der Waals surface area contributed by atoms with Crippen LogP contribution in [-0.2, 0) is 18.3 Å². The number of ether oxygens (including phenoxy) is 1. The van der Waals surface area contributed by atoms with Crippen molar-refractivity contribution in [3.8, 4) is 0 Å². The molecule has 0 aliphatic heterocycles. The van der Waals surface area contributed by atoms with Gasteiger partial charge in [0.15, 0.2) is 0 Å². The second kappa shape index (κ2) is 5.46. The van der Waals surface area contributed by atoms with Crippen LogP contribution in [0.25, 0.3) is 0 Å². The molecule has 1 N–H and O–H groups in total. The summed E-state index contributed by atoms with van der Waals surface area (Å²) >= 11 is 0. The Kier molecular flexibility index (Phi) is 4.80. The van der Waals surface area contributed by atoms with E-state index < -0.39 is 13.7 Å². The molecule has 1 aliphatic rings. The van der Waals surface area contributed by atoms with Crippen LogP contribution in [0.5, 0.6) is 0 Å². The molecule has 5 nitrogen and oxygen atoms in total. The third-order valence-electron chi connectivity index (χ3n) is 2.51. The van der Waals surface area contributed by atoms with Gasteiger partial charge in [0.25, 0.3) is 0 Å². The van der Waals surface area contributed by atoms with E-state index in [0.717, 1.165) is 0 Å². The standard InChI is InChI=1S/C8H16BO5P/c1-12-15(11,13-2)5-14-8-4-6(9)3-7(8)10/h6-8,10H,3-5H2,1-2H3. The minimum atomic E-state index is -3.15. The zero-order valence-corrected chi connectivity index (χ0v) is 9.85. The van der Waals surface area contributed by atoms with Crippen molar-refractivity contribution in [1.82, 2.24) is 0 Å². The number of hydrogen-bond acceptors (Lipinski definition) is 5. The Morgan fingerprint density at radius 1 is 1.40 bits per heavy atom. The van der Waals surface area contributed by atoms with E-state index >= 15 is 0 Å². The van der Waals surface area contributed by atoms with Crippen molar-refractivity contribution < 1.29 is 23.5 Å². The van der Waals surface area contributed by atoms with E-state index in [4.69, 9.17) is 21.6 Å². The van der Waals surface area contributed by atoms with E-state index in [9.17, 15) is 9.67 Å². The van der Waals surface area contributed by atoms with Gasteiger partial charge in [-0.05, 0) is 12.8 Å². The number of rotatable bonds is 5. The molecule has 1 fully saturated rings. The first-order chi connectivity index (χ1) is 7.00. The summed E-state index contributed by atoms with van der Waals surface area (Å²) in [5.41, 5.74) is 0. The number of aliphatic hydroxyl groups is 1. The molecule has 3 atom stereocenters. The second-order valence-corrected chi connectivity index (χ2v) is 5.82. The lowest BCUT2D eigenvalue weighted by atomic mass is 9.86. The maximum Gasteiger partial charge on any atom is 0.355 e. The van der Waals surface area contributed by atoms with Gasteiger partial charge in [-0.15, -0.1) is 0 Å². The highest BCUT2D eigenvalue weighted by Gasteiger charge is 2.33. The van der Waals surface area contributed by atoms with Crippen molar-refractivity contribution in [2.45, 2.75) is 30.9 Å². The zero-order valence-electron chi connectivity index (χ0n) is 8.96. The third kappa shape index (κ3) is 3.57. The molecule has 0 amide bonds. The first kappa shape index (κ1) is 13.2. The molecule has 0 saturated heterocycles. The average Bonchev–Trinajstić information content (AvgIpc) is 2.54. The van der Waals surface area contributed by atoms with Crippen LogP contribution < -0.4 is 0 Å². The summed E-state index contributed by atoms with van der Waals surface area (Å²) in [5.74, 6) is -0.0607. The molecule has 0 aromatic rings. The molecule has 1 saturated carbocycles. The van der Waals surface area contributed by atoms with Gasteiger partial charge >= 0.3 is 7.60 Å². The molecular formula is C8H16BO5P. The average molecular weight is 234 g/mol. The maximum absolute atomic E-state index is 11.6. The van der Waals surface area contributed by atoms with Gasteiger partial charge in [-0.2, -0.15) is 0 Å². The minimum Gasteiger partial charge on any atom is -0.390 e. The lowest BCUT2D eigenvalue weighted by molar-refractivity contribution is -0.00568. The fourth-order valence-corrected chi connectivity index (χ4v) is 2.29. The number of hydrogen-bond donors (Lipinski definition) is 1. The molecule has 0 spiro atoms. The van der Waals surface area contributed by atoms with Crippen LogP contribution in [0.1, 0.15) is 12.8 Å². The first-order valence-electron chi connectivity index (χ1n) is 4.76. The summed E-state index contributed by atoms with van der Waals surface area (Å²) in [6.45, 7) is 0. The Labute approximate surface area is 91.0 Å². The van der Waals surface area contributed by atoms with Gasteiger partial charge in [-0.1, -0.05) is 5.82 Å². The van der Waals surface area contributed by atoms with E-state index in [2.05, 4.69) is 0 Å². The van der Waals surface area contributed by atoms with Crippen molar-refractivity contribution in [3.63, 3.8) is 0 Å². The van der Waals surface area contributed by atoms with Crippen molar-refractivity contribution in [3.05, 3.63) is 0 Å². The van der Waals surface area contributed by atoms with Crippen LogP contribution in [0.15, 0.2) is 0 Å². The van der Waals surface area contributed by atoms with Crippen LogP contribution >= 0.6 is 7.60 Å². The lowest BCUT2D eigenvalue weighted by Gasteiger charge is -2.19. The van der Waals surface area contributed by atoms with Gasteiger partial charge in [-0.3, -0.25) is 4.57 Å². The Balaban J connectivity index is 2.40. The molecule has 1 aliphatic carbocycles. The predicted octanol–water partition coefficient (Wildman–Crippen LogP) is 0.927. The lowest BCUT2D eigenvalue weighted by Crippen LogP contribution is -2.23. The third-order valence-corrected chi connectivity index (χ3v) is 4.09. The van der Waals surface area contributed by atoms with Gasteiger partial charge in [0.1, 0.15) is 6.35 Å². The fourth-order valence-electron chi connectivity index (χ4n) is 1.56. The van der Waals surface area contributed by atoms with Crippen LogP contribution in [0, 0.1) is 0 Å². The van der Waals surface area contributed by atoms with Crippen LogP contribution in [-0.4, -0.2) is 45.7 Å². The normalized spacial score (nSPS) is 32.1. The summed E-state index contributed by atoms with van der Waals surface area (Å²) in [6, 6.07) is 0. The smallest absolute Gasteiger partial charge is 0.355 e. The predicted molar refractivity (Wildman–Crippen MR) is 56.1 cm³/mol. The van der Waals surface area contributed by atoms with E-state index in [1.165, 1.54) is 14.2 Å². The monoisotopic (exact) mass is 234 g/mol. The first-order valence-corrected chi connectivity index (χ1v) is 6.49. The quantitative estimate of drug-likeness (QED) is 0.566. The van der Waals surface area contributed by atoms with Crippen molar-refractivity contribution >= 4 is 15.4 Å². The van der Waals surface area contributed by atoms with E-state index in [1.807, 2.05) is 0 Å². The molecule has 3 unspecified atom stereocenters. The molecule has 2 radical (unpaired) electrons. The van der Waals surface area contributed by atoms with Crippen LogP contribution in [0.4, 0.5) is 0 Å². The largest absolute Gasteiger partial charge is 0.390 e. The van der Waals surface area contributed by atoms with Crippen molar-refractivity contribution in [1.29, 1.82) is 0 Å². The molecule has 86 valence electrons. The van der Waals surface area contributed by atoms with Gasteiger partial charge < -0.3 is 18.9 Å². The van der Waals surface area contributed by atoms with E-state index in [0.29, 0.717) is 12.8 Å². The topological polar surface area (TPSA) is 65.0 Å². The molecule has 0 aromatic heterocycles. The highest BCUT2D eigenvalue weighted by atomic mass is 31.2.